The fraction of sp³-hybridized carbons (Fsp3) is 0.250. The van der Waals surface area contributed by atoms with Gasteiger partial charge in [0.25, 0.3) is 5.69 Å². The lowest BCUT2D eigenvalue weighted by Gasteiger charge is -2.18. The van der Waals surface area contributed by atoms with E-state index >= 15 is 0 Å². The summed E-state index contributed by atoms with van der Waals surface area (Å²) in [5.74, 6) is -0.454. The highest BCUT2D eigenvalue weighted by atomic mass is 19.1. The average molecular weight is 474 g/mol. The van der Waals surface area contributed by atoms with E-state index in [9.17, 15) is 19.3 Å². The van der Waals surface area contributed by atoms with Crippen molar-refractivity contribution in [3.05, 3.63) is 112 Å². The summed E-state index contributed by atoms with van der Waals surface area (Å²) in [6.07, 6.45) is 2.17. The summed E-state index contributed by atoms with van der Waals surface area (Å²) < 4.78 is 15.5. The Hall–Kier alpha value is -4.00. The zero-order valence-corrected chi connectivity index (χ0v) is 19.8. The number of aromatic nitrogens is 1. The van der Waals surface area contributed by atoms with Crippen molar-refractivity contribution in [1.82, 2.24) is 9.88 Å². The van der Waals surface area contributed by atoms with Crippen molar-refractivity contribution in [1.29, 1.82) is 0 Å². The van der Waals surface area contributed by atoms with Crippen molar-refractivity contribution in [3.8, 4) is 0 Å². The second-order valence-corrected chi connectivity index (χ2v) is 9.16. The number of hydrogen-bond acceptors (Lipinski definition) is 3. The lowest BCUT2D eigenvalue weighted by molar-refractivity contribution is -0.384. The van der Waals surface area contributed by atoms with Crippen molar-refractivity contribution in [3.63, 3.8) is 0 Å². The van der Waals surface area contributed by atoms with Gasteiger partial charge in [0.2, 0.25) is 5.91 Å². The zero-order valence-electron chi connectivity index (χ0n) is 19.8. The van der Waals surface area contributed by atoms with Crippen LogP contribution in [0.2, 0.25) is 0 Å². The molecule has 0 aliphatic carbocycles. The van der Waals surface area contributed by atoms with Crippen molar-refractivity contribution in [2.24, 2.45) is 5.92 Å². The monoisotopic (exact) mass is 473 g/mol. The topological polar surface area (TPSA) is 77.2 Å². The summed E-state index contributed by atoms with van der Waals surface area (Å²) in [7, 11) is 0. The van der Waals surface area contributed by atoms with Crippen molar-refractivity contribution >= 4 is 22.5 Å². The molecular formula is C28H28FN3O3. The van der Waals surface area contributed by atoms with Gasteiger partial charge in [0.05, 0.1) is 4.92 Å². The molecule has 0 radical (unpaired) electrons. The molecule has 1 amide bonds. The number of rotatable bonds is 9. The first-order valence-corrected chi connectivity index (χ1v) is 11.6. The largest absolute Gasteiger partial charge is 0.356 e. The summed E-state index contributed by atoms with van der Waals surface area (Å²) in [6.45, 7) is 5.15. The molecule has 7 heteroatoms. The van der Waals surface area contributed by atoms with Gasteiger partial charge in [-0.2, -0.15) is 0 Å². The molecule has 3 aromatic carbocycles. The van der Waals surface area contributed by atoms with Gasteiger partial charge in [0.15, 0.2) is 0 Å². The Kier molecular flexibility index (Phi) is 7.25. The van der Waals surface area contributed by atoms with Crippen LogP contribution in [0.1, 0.15) is 42.9 Å². The fourth-order valence-corrected chi connectivity index (χ4v) is 4.31. The average Bonchev–Trinajstić information content (AvgIpc) is 3.21. The quantitative estimate of drug-likeness (QED) is 0.238. The number of amides is 1. The first-order chi connectivity index (χ1) is 16.8. The van der Waals surface area contributed by atoms with Crippen LogP contribution in [-0.2, 0) is 11.3 Å². The first kappa shape index (κ1) is 24.1. The Bertz CT molecular complexity index is 1350. The van der Waals surface area contributed by atoms with E-state index in [1.54, 1.807) is 24.3 Å². The Morgan fingerprint density at radius 2 is 1.80 bits per heavy atom. The van der Waals surface area contributed by atoms with Crippen molar-refractivity contribution < 1.29 is 14.1 Å². The highest BCUT2D eigenvalue weighted by Gasteiger charge is 2.24. The minimum Gasteiger partial charge on any atom is -0.356 e. The summed E-state index contributed by atoms with van der Waals surface area (Å²) in [5, 5.41) is 15.4. The van der Waals surface area contributed by atoms with Gasteiger partial charge >= 0.3 is 0 Å². The molecule has 1 atom stereocenters. The van der Waals surface area contributed by atoms with E-state index in [0.717, 1.165) is 22.0 Å². The third kappa shape index (κ3) is 5.74. The van der Waals surface area contributed by atoms with Gasteiger partial charge in [-0.15, -0.1) is 0 Å². The molecule has 6 nitrogen and oxygen atoms in total. The molecule has 1 aromatic heterocycles. The van der Waals surface area contributed by atoms with Gasteiger partial charge in [-0.1, -0.05) is 56.3 Å². The van der Waals surface area contributed by atoms with E-state index in [4.69, 9.17) is 0 Å². The number of halogens is 1. The third-order valence-corrected chi connectivity index (χ3v) is 6.04. The second kappa shape index (κ2) is 10.5. The Balaban J connectivity index is 1.78. The van der Waals surface area contributed by atoms with Gasteiger partial charge in [0, 0.05) is 54.7 Å². The van der Waals surface area contributed by atoms with Crippen LogP contribution < -0.4 is 5.32 Å². The van der Waals surface area contributed by atoms with E-state index in [1.165, 1.54) is 18.2 Å². The minimum absolute atomic E-state index is 0.00913. The van der Waals surface area contributed by atoms with Gasteiger partial charge in [-0.3, -0.25) is 14.9 Å². The standard InChI is InChI=1S/C28H28FN3O3/c1-19(2)16-30-28(33)15-25(21-6-5-7-23(14-21)32(34)35)26-18-31(27-9-4-3-8-24(26)27)17-20-10-12-22(29)13-11-20/h3-14,18-19,25H,15-17H2,1-2H3,(H,30,33). The highest BCUT2D eigenvalue weighted by Crippen LogP contribution is 2.36. The zero-order chi connectivity index (χ0) is 24.9. The van der Waals surface area contributed by atoms with E-state index in [2.05, 4.69) is 9.88 Å². The number of non-ortho nitro benzene ring substituents is 1. The maximum Gasteiger partial charge on any atom is 0.269 e. The van der Waals surface area contributed by atoms with Crippen LogP contribution in [0.4, 0.5) is 10.1 Å². The molecule has 0 saturated carbocycles. The lowest BCUT2D eigenvalue weighted by Crippen LogP contribution is -2.28. The van der Waals surface area contributed by atoms with Crippen LogP contribution in [-0.4, -0.2) is 21.9 Å². The van der Waals surface area contributed by atoms with Crippen molar-refractivity contribution in [2.45, 2.75) is 32.7 Å². The van der Waals surface area contributed by atoms with Gasteiger partial charge in [-0.05, 0) is 40.8 Å². The van der Waals surface area contributed by atoms with E-state index < -0.39 is 4.92 Å². The summed E-state index contributed by atoms with van der Waals surface area (Å²) in [6, 6.07) is 20.8. The predicted octanol–water partition coefficient (Wildman–Crippen LogP) is 6.03. The van der Waals surface area contributed by atoms with Crippen molar-refractivity contribution in [2.75, 3.05) is 6.54 Å². The number of nitro groups is 1. The molecule has 0 fully saturated rings. The summed E-state index contributed by atoms with van der Waals surface area (Å²) >= 11 is 0. The molecule has 1 heterocycles. The molecule has 35 heavy (non-hydrogen) atoms. The first-order valence-electron chi connectivity index (χ1n) is 11.6. The number of carbonyl (C=O) groups excluding carboxylic acids is 1. The van der Waals surface area contributed by atoms with Crippen LogP contribution in [0.5, 0.6) is 0 Å². The van der Waals surface area contributed by atoms with Gasteiger partial charge in [-0.25, -0.2) is 4.39 Å². The Labute approximate surface area is 203 Å². The predicted molar refractivity (Wildman–Crippen MR) is 135 cm³/mol. The molecule has 1 N–H and O–H groups in total. The minimum atomic E-state index is -0.419. The van der Waals surface area contributed by atoms with Gasteiger partial charge in [0.1, 0.15) is 5.82 Å². The van der Waals surface area contributed by atoms with Crippen LogP contribution in [0.25, 0.3) is 10.9 Å². The number of benzene rings is 3. The number of para-hydroxylation sites is 1. The van der Waals surface area contributed by atoms with E-state index in [0.29, 0.717) is 24.6 Å². The maximum atomic E-state index is 13.4. The molecule has 180 valence electrons. The normalized spacial score (nSPS) is 12.1. The third-order valence-electron chi connectivity index (χ3n) is 6.04. The van der Waals surface area contributed by atoms with E-state index in [1.807, 2.05) is 50.4 Å². The van der Waals surface area contributed by atoms with Crippen LogP contribution >= 0.6 is 0 Å². The number of nitrogens with one attached hydrogen (secondary N) is 1. The fourth-order valence-electron chi connectivity index (χ4n) is 4.31. The Morgan fingerprint density at radius 1 is 1.06 bits per heavy atom. The molecule has 0 saturated heterocycles. The van der Waals surface area contributed by atoms with Crippen LogP contribution in [0, 0.1) is 21.8 Å². The molecular weight excluding hydrogens is 445 g/mol. The number of fused-ring (bicyclic) bond motifs is 1. The lowest BCUT2D eigenvalue weighted by atomic mass is 9.87. The molecule has 1 unspecified atom stereocenters. The number of carbonyl (C=O) groups is 1. The molecule has 0 aliphatic rings. The molecule has 0 bridgehead atoms. The highest BCUT2D eigenvalue weighted by molar-refractivity contribution is 5.87. The molecule has 0 spiro atoms. The molecule has 4 rings (SSSR count). The van der Waals surface area contributed by atoms with Crippen LogP contribution in [0.3, 0.4) is 0 Å². The number of nitro benzene ring substituents is 1. The summed E-state index contributed by atoms with van der Waals surface area (Å²) in [5.41, 5.74) is 3.54. The maximum absolute atomic E-state index is 13.4. The number of nitrogens with zero attached hydrogens (tertiary/aromatic N) is 2. The van der Waals surface area contributed by atoms with Crippen LogP contribution in [0.15, 0.2) is 79.0 Å². The number of hydrogen-bond donors (Lipinski definition) is 1. The molecule has 4 aromatic rings. The second-order valence-electron chi connectivity index (χ2n) is 9.16. The van der Waals surface area contributed by atoms with Gasteiger partial charge < -0.3 is 9.88 Å². The Morgan fingerprint density at radius 3 is 2.51 bits per heavy atom. The SMILES string of the molecule is CC(C)CNC(=O)CC(c1cccc([N+](=O)[O-])c1)c1cn(Cc2ccc(F)cc2)c2ccccc12. The smallest absolute Gasteiger partial charge is 0.269 e. The summed E-state index contributed by atoms with van der Waals surface area (Å²) in [4.78, 5) is 23.9. The molecule has 0 aliphatic heterocycles. The van der Waals surface area contributed by atoms with E-state index in [-0.39, 0.29) is 29.8 Å².